The number of anilines is 1. The van der Waals surface area contributed by atoms with Crippen LogP contribution in [0.3, 0.4) is 0 Å². The van der Waals surface area contributed by atoms with Crippen molar-refractivity contribution in [1.29, 1.82) is 5.26 Å². The quantitative estimate of drug-likeness (QED) is 0.744. The normalized spacial score (nSPS) is 34.7. The first-order valence-corrected chi connectivity index (χ1v) is 11.0. The molecule has 4 bridgehead atoms. The van der Waals surface area contributed by atoms with E-state index in [1.807, 2.05) is 0 Å². The van der Waals surface area contributed by atoms with Crippen LogP contribution < -0.4 is 5.32 Å². The van der Waals surface area contributed by atoms with E-state index in [-0.39, 0.29) is 5.41 Å². The Morgan fingerprint density at radius 2 is 1.77 bits per heavy atom. The molecule has 1 aromatic heterocycles. The summed E-state index contributed by atoms with van der Waals surface area (Å²) in [7, 11) is 0. The summed E-state index contributed by atoms with van der Waals surface area (Å²) >= 11 is 1.70. The van der Waals surface area contributed by atoms with Crippen molar-refractivity contribution in [3.8, 4) is 6.07 Å². The monoisotopic (exact) mass is 366 g/mol. The van der Waals surface area contributed by atoms with Crippen LogP contribution >= 0.6 is 11.3 Å². The van der Waals surface area contributed by atoms with Gasteiger partial charge in [0, 0.05) is 16.5 Å². The van der Waals surface area contributed by atoms with Gasteiger partial charge in [0.2, 0.25) is 0 Å². The van der Waals surface area contributed by atoms with Crippen LogP contribution in [-0.4, -0.2) is 5.78 Å². The Bertz CT molecular complexity index is 778. The molecule has 26 heavy (non-hydrogen) atoms. The lowest BCUT2D eigenvalue weighted by Gasteiger charge is -2.55. The Kier molecular flexibility index (Phi) is 3.97. The highest BCUT2D eigenvalue weighted by molar-refractivity contribution is 7.16. The number of nitriles is 1. The Hall–Kier alpha value is -1.60. The second kappa shape index (κ2) is 6.23. The van der Waals surface area contributed by atoms with Gasteiger partial charge in [-0.25, -0.2) is 0 Å². The SMILES string of the molecule is N#Cc1c(NC=CC(=O)C23CC4CC(CC(C4)C2)C3)sc2c1CCCC2. The van der Waals surface area contributed by atoms with Gasteiger partial charge < -0.3 is 5.32 Å². The van der Waals surface area contributed by atoms with Crippen molar-refractivity contribution in [1.82, 2.24) is 0 Å². The molecule has 1 aromatic rings. The van der Waals surface area contributed by atoms with Crippen molar-refractivity contribution in [3.05, 3.63) is 28.3 Å². The number of allylic oxidation sites excluding steroid dienone is 1. The number of ketones is 1. The highest BCUT2D eigenvalue weighted by Gasteiger charge is 2.53. The zero-order valence-corrected chi connectivity index (χ0v) is 16.0. The molecule has 5 aliphatic rings. The molecular formula is C22H26N2OS. The van der Waals surface area contributed by atoms with Crippen LogP contribution in [-0.2, 0) is 17.6 Å². The first-order chi connectivity index (χ1) is 12.7. The molecule has 1 heterocycles. The van der Waals surface area contributed by atoms with Crippen LogP contribution in [0.1, 0.15) is 67.4 Å². The Balaban J connectivity index is 1.32. The van der Waals surface area contributed by atoms with E-state index in [1.54, 1.807) is 23.6 Å². The van der Waals surface area contributed by atoms with E-state index < -0.39 is 0 Å². The summed E-state index contributed by atoms with van der Waals surface area (Å²) < 4.78 is 0. The van der Waals surface area contributed by atoms with Gasteiger partial charge in [-0.2, -0.15) is 5.26 Å². The minimum atomic E-state index is -0.0698. The maximum Gasteiger partial charge on any atom is 0.163 e. The molecule has 3 nitrogen and oxygen atoms in total. The van der Waals surface area contributed by atoms with Gasteiger partial charge >= 0.3 is 0 Å². The van der Waals surface area contributed by atoms with Gasteiger partial charge in [-0.3, -0.25) is 4.79 Å². The van der Waals surface area contributed by atoms with E-state index in [0.29, 0.717) is 5.78 Å². The smallest absolute Gasteiger partial charge is 0.163 e. The predicted molar refractivity (Wildman–Crippen MR) is 104 cm³/mol. The molecule has 0 amide bonds. The maximum absolute atomic E-state index is 13.0. The molecule has 0 aliphatic heterocycles. The minimum Gasteiger partial charge on any atom is -0.352 e. The molecule has 4 fully saturated rings. The van der Waals surface area contributed by atoms with Gasteiger partial charge in [-0.15, -0.1) is 11.3 Å². The van der Waals surface area contributed by atoms with Crippen LogP contribution in [0.25, 0.3) is 0 Å². The first kappa shape index (κ1) is 16.6. The number of aryl methyl sites for hydroxylation is 1. The highest BCUT2D eigenvalue weighted by atomic mass is 32.1. The van der Waals surface area contributed by atoms with Gasteiger partial charge in [-0.1, -0.05) is 0 Å². The summed E-state index contributed by atoms with van der Waals surface area (Å²) in [4.78, 5) is 14.4. The number of nitrogens with zero attached hydrogens (tertiary/aromatic N) is 1. The maximum atomic E-state index is 13.0. The lowest BCUT2D eigenvalue weighted by atomic mass is 9.48. The van der Waals surface area contributed by atoms with Crippen molar-refractivity contribution in [2.24, 2.45) is 23.2 Å². The van der Waals surface area contributed by atoms with Crippen molar-refractivity contribution in [3.63, 3.8) is 0 Å². The molecule has 0 spiro atoms. The molecule has 5 aliphatic carbocycles. The van der Waals surface area contributed by atoms with E-state index in [9.17, 15) is 10.1 Å². The molecule has 1 N–H and O–H groups in total. The number of carbonyl (C=O) groups excluding carboxylic acids is 1. The molecule has 0 atom stereocenters. The second-order valence-electron chi connectivity index (χ2n) is 9.07. The lowest BCUT2D eigenvalue weighted by Crippen LogP contribution is -2.49. The van der Waals surface area contributed by atoms with Crippen LogP contribution in [0.2, 0.25) is 0 Å². The minimum absolute atomic E-state index is 0.0698. The Morgan fingerprint density at radius 3 is 2.42 bits per heavy atom. The molecule has 6 rings (SSSR count). The van der Waals surface area contributed by atoms with Gasteiger partial charge in [0.15, 0.2) is 5.78 Å². The number of hydrogen-bond acceptors (Lipinski definition) is 4. The molecule has 136 valence electrons. The number of carbonyl (C=O) groups is 1. The summed E-state index contributed by atoms with van der Waals surface area (Å²) in [6.45, 7) is 0. The molecule has 0 aromatic carbocycles. The van der Waals surface area contributed by atoms with Gasteiger partial charge in [0.25, 0.3) is 0 Å². The molecule has 4 saturated carbocycles. The standard InChI is InChI=1S/C22H26N2OS/c23-13-18-17-3-1-2-4-19(17)26-21(18)24-6-5-20(25)22-10-14-7-15(11-22)9-16(8-14)12-22/h5-6,14-16,24H,1-4,7-12H2. The van der Waals surface area contributed by atoms with E-state index >= 15 is 0 Å². The second-order valence-corrected chi connectivity index (χ2v) is 10.2. The number of hydrogen-bond donors (Lipinski definition) is 1. The number of nitrogens with one attached hydrogen (secondary N) is 1. The van der Waals surface area contributed by atoms with Crippen LogP contribution in [0.5, 0.6) is 0 Å². The van der Waals surface area contributed by atoms with E-state index in [2.05, 4.69) is 11.4 Å². The summed E-state index contributed by atoms with van der Waals surface area (Å²) in [6.07, 6.45) is 15.5. The fourth-order valence-electron chi connectivity index (χ4n) is 6.57. The molecule has 0 unspecified atom stereocenters. The van der Waals surface area contributed by atoms with Gasteiger partial charge in [0.05, 0.1) is 5.56 Å². The summed E-state index contributed by atoms with van der Waals surface area (Å²) in [5, 5.41) is 13.8. The molecule has 4 heteroatoms. The summed E-state index contributed by atoms with van der Waals surface area (Å²) in [5.74, 6) is 2.70. The van der Waals surface area contributed by atoms with Gasteiger partial charge in [0.1, 0.15) is 11.1 Å². The Morgan fingerprint density at radius 1 is 1.12 bits per heavy atom. The highest BCUT2D eigenvalue weighted by Crippen LogP contribution is 2.60. The third-order valence-corrected chi connectivity index (χ3v) is 8.52. The van der Waals surface area contributed by atoms with Crippen LogP contribution in [0.15, 0.2) is 12.3 Å². The third-order valence-electron chi connectivity index (χ3n) is 7.29. The summed E-state index contributed by atoms with van der Waals surface area (Å²) in [5.41, 5.74) is 1.98. The van der Waals surface area contributed by atoms with Crippen molar-refractivity contribution in [2.75, 3.05) is 5.32 Å². The molecule has 0 radical (unpaired) electrons. The van der Waals surface area contributed by atoms with Crippen molar-refractivity contribution in [2.45, 2.75) is 64.2 Å². The fraction of sp³-hybridized carbons (Fsp3) is 0.636. The topological polar surface area (TPSA) is 52.9 Å². The average molecular weight is 367 g/mol. The number of thiophene rings is 1. The first-order valence-electron chi connectivity index (χ1n) is 10.2. The van der Waals surface area contributed by atoms with Gasteiger partial charge in [-0.05, 0) is 93.6 Å². The van der Waals surface area contributed by atoms with E-state index in [0.717, 1.165) is 60.4 Å². The van der Waals surface area contributed by atoms with E-state index in [4.69, 9.17) is 0 Å². The van der Waals surface area contributed by atoms with Crippen molar-refractivity contribution >= 4 is 22.1 Å². The number of rotatable bonds is 4. The van der Waals surface area contributed by atoms with E-state index in [1.165, 1.54) is 42.5 Å². The lowest BCUT2D eigenvalue weighted by molar-refractivity contribution is -0.138. The summed E-state index contributed by atoms with van der Waals surface area (Å²) in [6, 6.07) is 2.38. The zero-order chi connectivity index (χ0) is 17.7. The van der Waals surface area contributed by atoms with Crippen LogP contribution in [0.4, 0.5) is 5.00 Å². The van der Waals surface area contributed by atoms with Crippen molar-refractivity contribution < 1.29 is 4.79 Å². The van der Waals surface area contributed by atoms with Crippen LogP contribution in [0, 0.1) is 34.5 Å². The predicted octanol–water partition coefficient (Wildman–Crippen LogP) is 5.21. The number of fused-ring (bicyclic) bond motifs is 1. The zero-order valence-electron chi connectivity index (χ0n) is 15.2. The fourth-order valence-corrected chi connectivity index (χ4v) is 7.79. The largest absolute Gasteiger partial charge is 0.352 e. The molecular weight excluding hydrogens is 340 g/mol. The Labute approximate surface area is 159 Å². The molecule has 0 saturated heterocycles. The average Bonchev–Trinajstić information content (AvgIpc) is 2.97. The third kappa shape index (κ3) is 2.63.